The van der Waals surface area contributed by atoms with Crippen molar-refractivity contribution < 1.29 is 29.3 Å². The Hall–Kier alpha value is -4.14. The Balaban J connectivity index is 1.17. The number of carbonyl (C=O) groups excluding carboxylic acids is 2. The van der Waals surface area contributed by atoms with Gasteiger partial charge in [0.05, 0.1) is 32.5 Å². The van der Waals surface area contributed by atoms with Crippen molar-refractivity contribution >= 4 is 17.5 Å². The van der Waals surface area contributed by atoms with Crippen LogP contribution >= 0.6 is 0 Å². The number of aliphatic hydroxyl groups excluding tert-OH is 1. The second kappa shape index (κ2) is 15.9. The van der Waals surface area contributed by atoms with Gasteiger partial charge in [-0.25, -0.2) is 4.79 Å². The summed E-state index contributed by atoms with van der Waals surface area (Å²) in [6, 6.07) is 20.7. The fourth-order valence-corrected chi connectivity index (χ4v) is 12.4. The molecule has 3 aromatic carbocycles. The Morgan fingerprint density at radius 2 is 1.47 bits per heavy atom. The molecule has 6 bridgehead atoms. The number of amides is 2. The van der Waals surface area contributed by atoms with Crippen LogP contribution in [0.25, 0.3) is 0 Å². The molecule has 0 radical (unpaired) electrons. The van der Waals surface area contributed by atoms with Crippen LogP contribution < -0.4 is 14.8 Å². The third-order valence-corrected chi connectivity index (χ3v) is 15.0. The van der Waals surface area contributed by atoms with Crippen molar-refractivity contribution in [3.05, 3.63) is 101 Å². The number of fused-ring (bicyclic) bond motifs is 8. The average Bonchev–Trinajstić information content (AvgIpc) is 3.44. The highest BCUT2D eigenvalue weighted by Crippen LogP contribution is 2.62. The Bertz CT molecular complexity index is 1940. The lowest BCUT2D eigenvalue weighted by atomic mass is 9.49. The SMILES string of the molecule is COc1ccc(NC(=O)N(CC23CC4CC(CC(C4)C2)C3)C[C@]2(O)CC[C@H]3c4ccc(cc4C(=O)c4ccc(OC)cc4)C[C@@H](O)CCC(C)=CCC[C@@]32C)cc1. The van der Waals surface area contributed by atoms with Crippen molar-refractivity contribution in [1.29, 1.82) is 0 Å². The van der Waals surface area contributed by atoms with Crippen LogP contribution in [0.3, 0.4) is 0 Å². The van der Waals surface area contributed by atoms with Gasteiger partial charge in [-0.3, -0.25) is 4.79 Å². The minimum atomic E-state index is -1.22. The van der Waals surface area contributed by atoms with Crippen LogP contribution in [-0.4, -0.2) is 65.9 Å². The third-order valence-electron chi connectivity index (χ3n) is 15.0. The number of rotatable bonds is 9. The molecule has 10 rings (SSSR count). The summed E-state index contributed by atoms with van der Waals surface area (Å²) in [5.41, 5.74) is 3.17. The van der Waals surface area contributed by atoms with E-state index in [-0.39, 0.29) is 29.7 Å². The number of hydrogen-bond donors (Lipinski definition) is 3. The standard InChI is InChI=1S/C49H62N2O6/c1-32-6-5-20-47(2)44(42-18-8-33(25-39(52)13-7-32)26-43(42)45(53)37-9-14-40(56-3)15-10-37)19-21-49(47,55)31-51(46(54)50-38-11-16-41(57-4)17-12-38)30-48-27-34-22-35(28-48)24-36(23-34)29-48/h6,8-12,14-18,26,34-36,39,44,52,55H,5,7,13,19-25,27-31H2,1-4H3,(H,50,54)/t34?,35?,36?,39-,44-,47-,48?,49+/m0/s1. The van der Waals surface area contributed by atoms with Gasteiger partial charge in [0, 0.05) is 28.8 Å². The average molecular weight is 775 g/mol. The van der Waals surface area contributed by atoms with Crippen molar-refractivity contribution in [1.82, 2.24) is 4.90 Å². The van der Waals surface area contributed by atoms with Crippen molar-refractivity contribution in [3.8, 4) is 11.5 Å². The smallest absolute Gasteiger partial charge is 0.321 e. The number of ether oxygens (including phenoxy) is 2. The number of carbonyl (C=O) groups is 2. The van der Waals surface area contributed by atoms with E-state index in [2.05, 4.69) is 37.4 Å². The lowest BCUT2D eigenvalue weighted by molar-refractivity contribution is -0.0975. The summed E-state index contributed by atoms with van der Waals surface area (Å²) in [6.45, 7) is 5.20. The van der Waals surface area contributed by atoms with E-state index in [1.807, 2.05) is 59.5 Å². The van der Waals surface area contributed by atoms with E-state index in [0.717, 1.165) is 66.7 Å². The maximum Gasteiger partial charge on any atom is 0.321 e. The minimum Gasteiger partial charge on any atom is -0.497 e. The number of ketones is 1. The maximum absolute atomic E-state index is 14.7. The molecule has 2 amide bonds. The molecule has 0 unspecified atom stereocenters. The summed E-state index contributed by atoms with van der Waals surface area (Å²) in [7, 11) is 3.25. The lowest BCUT2D eigenvalue weighted by Crippen LogP contribution is -2.58. The molecule has 8 nitrogen and oxygen atoms in total. The van der Waals surface area contributed by atoms with Gasteiger partial charge in [-0.05, 0) is 185 Å². The van der Waals surface area contributed by atoms with Gasteiger partial charge in [-0.2, -0.15) is 0 Å². The fraction of sp³-hybridized carbons (Fsp3) is 0.551. The molecule has 8 heteroatoms. The van der Waals surface area contributed by atoms with Gasteiger partial charge >= 0.3 is 6.03 Å². The molecule has 0 aliphatic heterocycles. The van der Waals surface area contributed by atoms with Gasteiger partial charge < -0.3 is 29.9 Å². The summed E-state index contributed by atoms with van der Waals surface area (Å²) < 4.78 is 10.8. The van der Waals surface area contributed by atoms with Crippen LogP contribution in [0.4, 0.5) is 10.5 Å². The molecule has 5 saturated carbocycles. The maximum atomic E-state index is 14.7. The number of nitrogens with one attached hydrogen (secondary N) is 1. The Morgan fingerprint density at radius 3 is 2.11 bits per heavy atom. The van der Waals surface area contributed by atoms with Gasteiger partial charge in [0.2, 0.25) is 0 Å². The summed E-state index contributed by atoms with van der Waals surface area (Å²) in [6.07, 6.45) is 13.7. The predicted octanol–water partition coefficient (Wildman–Crippen LogP) is 9.72. The zero-order chi connectivity index (χ0) is 40.0. The molecule has 57 heavy (non-hydrogen) atoms. The molecule has 5 fully saturated rings. The van der Waals surface area contributed by atoms with E-state index in [1.54, 1.807) is 14.2 Å². The summed E-state index contributed by atoms with van der Waals surface area (Å²) >= 11 is 0. The third kappa shape index (κ3) is 8.01. The topological polar surface area (TPSA) is 108 Å². The van der Waals surface area contributed by atoms with Crippen LogP contribution in [0.2, 0.25) is 0 Å². The van der Waals surface area contributed by atoms with Gasteiger partial charge in [0.1, 0.15) is 11.5 Å². The number of methoxy groups -OCH3 is 2. The molecular formula is C49H62N2O6. The molecule has 3 N–H and O–H groups in total. The van der Waals surface area contributed by atoms with Crippen LogP contribution in [0, 0.1) is 28.6 Å². The van der Waals surface area contributed by atoms with Gasteiger partial charge in [-0.1, -0.05) is 30.7 Å². The van der Waals surface area contributed by atoms with Crippen molar-refractivity contribution in [2.45, 2.75) is 115 Å². The second-order valence-corrected chi connectivity index (χ2v) is 18.9. The van der Waals surface area contributed by atoms with Crippen molar-refractivity contribution in [2.24, 2.45) is 28.6 Å². The number of hydrogen-bond acceptors (Lipinski definition) is 6. The lowest BCUT2D eigenvalue weighted by Gasteiger charge is -2.58. The van der Waals surface area contributed by atoms with Crippen molar-refractivity contribution in [2.75, 3.05) is 32.6 Å². The van der Waals surface area contributed by atoms with Crippen molar-refractivity contribution in [3.63, 3.8) is 0 Å². The molecule has 304 valence electrons. The van der Waals surface area contributed by atoms with E-state index in [0.29, 0.717) is 61.2 Å². The molecule has 0 saturated heterocycles. The van der Waals surface area contributed by atoms with E-state index in [4.69, 9.17) is 9.47 Å². The largest absolute Gasteiger partial charge is 0.497 e. The highest BCUT2D eigenvalue weighted by atomic mass is 16.5. The first-order valence-electron chi connectivity index (χ1n) is 21.5. The quantitative estimate of drug-likeness (QED) is 0.148. The molecule has 4 atom stereocenters. The minimum absolute atomic E-state index is 0.0721. The Morgan fingerprint density at radius 1 is 0.842 bits per heavy atom. The molecule has 3 aromatic rings. The van der Waals surface area contributed by atoms with E-state index in [9.17, 15) is 19.8 Å². The predicted molar refractivity (Wildman–Crippen MR) is 224 cm³/mol. The molecule has 7 aliphatic rings. The first-order valence-corrected chi connectivity index (χ1v) is 21.5. The molecular weight excluding hydrogens is 713 g/mol. The van der Waals surface area contributed by atoms with E-state index in [1.165, 1.54) is 24.8 Å². The van der Waals surface area contributed by atoms with Crippen LogP contribution in [0.5, 0.6) is 11.5 Å². The number of anilines is 1. The van der Waals surface area contributed by atoms with Crippen LogP contribution in [0.15, 0.2) is 78.4 Å². The van der Waals surface area contributed by atoms with Gasteiger partial charge in [0.25, 0.3) is 0 Å². The zero-order valence-corrected chi connectivity index (χ0v) is 34.4. The summed E-state index contributed by atoms with van der Waals surface area (Å²) in [4.78, 5) is 31.2. The first-order chi connectivity index (χ1) is 27.4. The molecule has 0 aromatic heterocycles. The fourth-order valence-electron chi connectivity index (χ4n) is 12.4. The van der Waals surface area contributed by atoms with Crippen LogP contribution in [0.1, 0.15) is 124 Å². The number of benzene rings is 3. The highest BCUT2D eigenvalue weighted by Gasteiger charge is 2.59. The first kappa shape index (κ1) is 39.7. The van der Waals surface area contributed by atoms with Crippen LogP contribution in [-0.2, 0) is 6.42 Å². The van der Waals surface area contributed by atoms with E-state index >= 15 is 0 Å². The Kier molecular flexibility index (Phi) is 11.1. The normalized spacial score (nSPS) is 31.9. The Labute approximate surface area is 339 Å². The number of urea groups is 1. The molecule has 7 aliphatic carbocycles. The van der Waals surface area contributed by atoms with E-state index < -0.39 is 17.1 Å². The van der Waals surface area contributed by atoms with Gasteiger partial charge in [-0.15, -0.1) is 0 Å². The number of allylic oxidation sites excluding steroid dienone is 2. The molecule has 0 spiro atoms. The number of aliphatic hydroxyl groups is 2. The zero-order valence-electron chi connectivity index (χ0n) is 34.4. The van der Waals surface area contributed by atoms with Gasteiger partial charge in [0.15, 0.2) is 5.78 Å². The highest BCUT2D eigenvalue weighted by molar-refractivity contribution is 6.10. The second-order valence-electron chi connectivity index (χ2n) is 18.9. The number of nitrogens with zero attached hydrogens (tertiary/aromatic N) is 1. The summed E-state index contributed by atoms with van der Waals surface area (Å²) in [5, 5.41) is 27.7. The molecule has 0 heterocycles. The summed E-state index contributed by atoms with van der Waals surface area (Å²) in [5.74, 6) is 3.40. The monoisotopic (exact) mass is 774 g/mol.